The number of nitrogens with zero attached hydrogens (tertiary/aromatic N) is 2. The Balaban J connectivity index is 1.94. The molecule has 2 heterocycles. The highest BCUT2D eigenvalue weighted by Crippen LogP contribution is 2.23. The summed E-state index contributed by atoms with van der Waals surface area (Å²) in [6.45, 7) is 5.32. The predicted molar refractivity (Wildman–Crippen MR) is 86.5 cm³/mol. The van der Waals surface area contributed by atoms with E-state index in [1.165, 1.54) is 0 Å². The van der Waals surface area contributed by atoms with Gasteiger partial charge < -0.3 is 16.0 Å². The normalized spacial score (nSPS) is 19.7. The van der Waals surface area contributed by atoms with Gasteiger partial charge in [0, 0.05) is 30.6 Å². The number of carbonyl (C=O) groups excluding carboxylic acids is 2. The lowest BCUT2D eigenvalue weighted by Crippen LogP contribution is -2.47. The zero-order chi connectivity index (χ0) is 16.1. The summed E-state index contributed by atoms with van der Waals surface area (Å²) in [7, 11) is 0. The molecule has 3 N–H and O–H groups in total. The van der Waals surface area contributed by atoms with E-state index in [0.29, 0.717) is 13.0 Å². The van der Waals surface area contributed by atoms with Crippen LogP contribution < -0.4 is 11.1 Å². The van der Waals surface area contributed by atoms with E-state index in [1.807, 2.05) is 19.2 Å². The predicted octanol–water partition coefficient (Wildman–Crippen LogP) is 2.20. The maximum absolute atomic E-state index is 12.5. The van der Waals surface area contributed by atoms with E-state index in [1.54, 1.807) is 16.2 Å². The minimum atomic E-state index is -0.294. The standard InChI is InChI=1S/C15H24N4O2S/c1-3-12(14-17-10(2)9-22-14)18-15(21)19-6-4-5-11(8-19)7-13(16)20/h9,11-12H,3-8H2,1-2H3,(H2,16,20)(H,18,21)/t11-,12-/m1/s1. The van der Waals surface area contributed by atoms with E-state index >= 15 is 0 Å². The van der Waals surface area contributed by atoms with Crippen molar-refractivity contribution in [3.8, 4) is 0 Å². The van der Waals surface area contributed by atoms with Crippen LogP contribution in [0, 0.1) is 12.8 Å². The zero-order valence-corrected chi connectivity index (χ0v) is 14.0. The summed E-state index contributed by atoms with van der Waals surface area (Å²) in [5.74, 6) is -0.115. The molecule has 0 aromatic carbocycles. The Labute approximate surface area is 135 Å². The van der Waals surface area contributed by atoms with Crippen LogP contribution in [0.15, 0.2) is 5.38 Å². The lowest BCUT2D eigenvalue weighted by atomic mass is 9.95. The molecule has 1 fully saturated rings. The van der Waals surface area contributed by atoms with E-state index in [9.17, 15) is 9.59 Å². The largest absolute Gasteiger partial charge is 0.370 e. The zero-order valence-electron chi connectivity index (χ0n) is 13.2. The number of piperidine rings is 1. The lowest BCUT2D eigenvalue weighted by Gasteiger charge is -2.33. The van der Waals surface area contributed by atoms with Crippen molar-refractivity contribution < 1.29 is 9.59 Å². The third-order valence-electron chi connectivity index (χ3n) is 3.94. The number of aryl methyl sites for hydroxylation is 1. The first-order valence-electron chi connectivity index (χ1n) is 7.75. The number of aromatic nitrogens is 1. The maximum atomic E-state index is 12.5. The highest BCUT2D eigenvalue weighted by Gasteiger charge is 2.26. The van der Waals surface area contributed by atoms with Gasteiger partial charge in [0.15, 0.2) is 0 Å². The molecule has 0 bridgehead atoms. The SMILES string of the molecule is CC[C@@H](NC(=O)N1CCC[C@H](CC(N)=O)C1)c1nc(C)cs1. The van der Waals surface area contributed by atoms with Crippen molar-refractivity contribution in [3.63, 3.8) is 0 Å². The molecule has 1 aliphatic rings. The molecule has 122 valence electrons. The maximum Gasteiger partial charge on any atom is 0.317 e. The molecule has 6 nitrogen and oxygen atoms in total. The van der Waals surface area contributed by atoms with Gasteiger partial charge in [0.05, 0.1) is 6.04 Å². The lowest BCUT2D eigenvalue weighted by molar-refractivity contribution is -0.119. The first-order chi connectivity index (χ1) is 10.5. The van der Waals surface area contributed by atoms with Crippen molar-refractivity contribution in [3.05, 3.63) is 16.1 Å². The van der Waals surface area contributed by atoms with Crippen molar-refractivity contribution in [2.45, 2.75) is 45.6 Å². The second-order valence-electron chi connectivity index (χ2n) is 5.86. The smallest absolute Gasteiger partial charge is 0.317 e. The Kier molecular flexibility index (Phi) is 5.76. The summed E-state index contributed by atoms with van der Waals surface area (Å²) in [6.07, 6.45) is 3.03. The van der Waals surface area contributed by atoms with Crippen molar-refractivity contribution in [1.29, 1.82) is 0 Å². The molecular weight excluding hydrogens is 300 g/mol. The van der Waals surface area contributed by atoms with E-state index in [2.05, 4.69) is 10.3 Å². The molecule has 2 rings (SSSR count). The van der Waals surface area contributed by atoms with Gasteiger partial charge in [0.1, 0.15) is 5.01 Å². The minimum Gasteiger partial charge on any atom is -0.370 e. The molecule has 0 radical (unpaired) electrons. The van der Waals surface area contributed by atoms with Gasteiger partial charge in [-0.05, 0) is 32.1 Å². The fourth-order valence-electron chi connectivity index (χ4n) is 2.81. The number of amides is 3. The molecule has 7 heteroatoms. The highest BCUT2D eigenvalue weighted by atomic mass is 32.1. The van der Waals surface area contributed by atoms with Crippen molar-refractivity contribution in [2.24, 2.45) is 11.7 Å². The van der Waals surface area contributed by atoms with E-state index in [0.717, 1.165) is 36.5 Å². The van der Waals surface area contributed by atoms with Gasteiger partial charge in [0.2, 0.25) is 5.91 Å². The first kappa shape index (κ1) is 16.7. The van der Waals surface area contributed by atoms with Gasteiger partial charge in [-0.3, -0.25) is 4.79 Å². The van der Waals surface area contributed by atoms with Crippen LogP contribution in [0.3, 0.4) is 0 Å². The number of thiazole rings is 1. The molecule has 0 spiro atoms. The van der Waals surface area contributed by atoms with Gasteiger partial charge in [0.25, 0.3) is 0 Å². The molecule has 22 heavy (non-hydrogen) atoms. The van der Waals surface area contributed by atoms with Gasteiger partial charge in [-0.25, -0.2) is 9.78 Å². The fourth-order valence-corrected chi connectivity index (χ4v) is 3.74. The Bertz CT molecular complexity index is 531. The van der Waals surface area contributed by atoms with E-state index < -0.39 is 0 Å². The molecule has 2 atom stereocenters. The summed E-state index contributed by atoms with van der Waals surface area (Å²) in [5, 5.41) is 6.00. The number of hydrogen-bond donors (Lipinski definition) is 2. The minimum absolute atomic E-state index is 0.0530. The third kappa shape index (κ3) is 4.43. The molecule has 0 aliphatic carbocycles. The van der Waals surface area contributed by atoms with Gasteiger partial charge in [-0.2, -0.15) is 0 Å². The van der Waals surface area contributed by atoms with Gasteiger partial charge in [-0.15, -0.1) is 11.3 Å². The number of primary amides is 1. The number of carbonyl (C=O) groups is 2. The van der Waals surface area contributed by atoms with Crippen LogP contribution in [-0.4, -0.2) is 34.9 Å². The van der Waals surface area contributed by atoms with Crippen LogP contribution in [0.4, 0.5) is 4.79 Å². The third-order valence-corrected chi connectivity index (χ3v) is 5.01. The summed E-state index contributed by atoms with van der Waals surface area (Å²) < 4.78 is 0. The quantitative estimate of drug-likeness (QED) is 0.870. The summed E-state index contributed by atoms with van der Waals surface area (Å²) >= 11 is 1.57. The number of nitrogens with two attached hydrogens (primary N) is 1. The van der Waals surface area contributed by atoms with Crippen LogP contribution in [0.5, 0.6) is 0 Å². The molecule has 0 saturated carbocycles. The van der Waals surface area contributed by atoms with Gasteiger partial charge >= 0.3 is 6.03 Å². The van der Waals surface area contributed by atoms with Crippen molar-refractivity contribution in [2.75, 3.05) is 13.1 Å². The molecular formula is C15H24N4O2S. The number of rotatable bonds is 5. The number of nitrogens with one attached hydrogen (secondary N) is 1. The van der Waals surface area contributed by atoms with Crippen LogP contribution in [0.25, 0.3) is 0 Å². The fraction of sp³-hybridized carbons (Fsp3) is 0.667. The number of urea groups is 1. The van der Waals surface area contributed by atoms with Crippen molar-refractivity contribution >= 4 is 23.3 Å². The Hall–Kier alpha value is -1.63. The molecule has 0 unspecified atom stereocenters. The van der Waals surface area contributed by atoms with Crippen LogP contribution in [0.2, 0.25) is 0 Å². The van der Waals surface area contributed by atoms with Crippen LogP contribution >= 0.6 is 11.3 Å². The molecule has 1 aliphatic heterocycles. The van der Waals surface area contributed by atoms with Crippen LogP contribution in [-0.2, 0) is 4.79 Å². The molecule has 1 saturated heterocycles. The van der Waals surface area contributed by atoms with Crippen LogP contribution in [0.1, 0.15) is 49.4 Å². The average molecular weight is 324 g/mol. The van der Waals surface area contributed by atoms with E-state index in [-0.39, 0.29) is 23.9 Å². The number of hydrogen-bond acceptors (Lipinski definition) is 4. The second kappa shape index (κ2) is 7.58. The summed E-state index contributed by atoms with van der Waals surface area (Å²) in [5.41, 5.74) is 6.24. The second-order valence-corrected chi connectivity index (χ2v) is 6.75. The monoisotopic (exact) mass is 324 g/mol. The summed E-state index contributed by atoms with van der Waals surface area (Å²) in [6, 6.07) is -0.128. The molecule has 3 amide bonds. The highest BCUT2D eigenvalue weighted by molar-refractivity contribution is 7.09. The number of likely N-dealkylation sites (tertiary alicyclic amines) is 1. The van der Waals surface area contributed by atoms with Gasteiger partial charge in [-0.1, -0.05) is 6.92 Å². The molecule has 1 aromatic heterocycles. The van der Waals surface area contributed by atoms with Crippen molar-refractivity contribution in [1.82, 2.24) is 15.2 Å². The average Bonchev–Trinajstić information content (AvgIpc) is 2.90. The Morgan fingerprint density at radius 3 is 2.95 bits per heavy atom. The Morgan fingerprint density at radius 2 is 2.36 bits per heavy atom. The Morgan fingerprint density at radius 1 is 1.59 bits per heavy atom. The topological polar surface area (TPSA) is 88.3 Å². The first-order valence-corrected chi connectivity index (χ1v) is 8.63. The molecule has 1 aromatic rings. The summed E-state index contributed by atoms with van der Waals surface area (Å²) in [4.78, 5) is 29.8. The van der Waals surface area contributed by atoms with E-state index in [4.69, 9.17) is 5.73 Å².